The summed E-state index contributed by atoms with van der Waals surface area (Å²) >= 11 is 0. The van der Waals surface area contributed by atoms with Gasteiger partial charge >= 0.3 is 20.6 Å². The Labute approximate surface area is 57.6 Å². The smallest absolute Gasteiger partial charge is 0.274 e. The van der Waals surface area contributed by atoms with Crippen LogP contribution in [0.15, 0.2) is 0 Å². The molecule has 64 valence electrons. The van der Waals surface area contributed by atoms with Crippen LogP contribution in [0.1, 0.15) is 0 Å². The SMILES string of the molecule is NS(=O)(=O)O.NS(=O)(=O)O. The number of nitrogens with two attached hydrogens (primary N) is 2. The van der Waals surface area contributed by atoms with Gasteiger partial charge in [0.15, 0.2) is 0 Å². The molecule has 0 heterocycles. The average molecular weight is 194 g/mol. The second-order valence-electron chi connectivity index (χ2n) is 1.03. The first-order chi connectivity index (χ1) is 4.00. The molecule has 6 N–H and O–H groups in total. The molecule has 0 spiro atoms. The molecule has 0 saturated carbocycles. The minimum absolute atomic E-state index is 3.88. The largest absolute Gasteiger partial charge is 0.330 e. The summed E-state index contributed by atoms with van der Waals surface area (Å²) in [6, 6.07) is 0. The number of rotatable bonds is 0. The van der Waals surface area contributed by atoms with Gasteiger partial charge in [0.25, 0.3) is 0 Å². The Kier molecular flexibility index (Phi) is 4.72. The van der Waals surface area contributed by atoms with Crippen LogP contribution in [0.2, 0.25) is 0 Å². The van der Waals surface area contributed by atoms with Crippen molar-refractivity contribution in [2.75, 3.05) is 0 Å². The van der Waals surface area contributed by atoms with Gasteiger partial charge < -0.3 is 0 Å². The fourth-order valence-electron chi connectivity index (χ4n) is 0. The summed E-state index contributed by atoms with van der Waals surface area (Å²) in [6.45, 7) is 0. The molecule has 0 unspecified atom stereocenters. The van der Waals surface area contributed by atoms with E-state index in [1.54, 1.807) is 0 Å². The lowest BCUT2D eigenvalue weighted by Crippen LogP contribution is -2.08. The highest BCUT2D eigenvalue weighted by Crippen LogP contribution is 1.50. The van der Waals surface area contributed by atoms with E-state index in [0.29, 0.717) is 0 Å². The summed E-state index contributed by atoms with van der Waals surface area (Å²) in [5, 5.41) is 7.76. The molecule has 8 nitrogen and oxygen atoms in total. The van der Waals surface area contributed by atoms with Crippen LogP contribution in [0, 0.1) is 0 Å². The highest BCUT2D eigenvalue weighted by atomic mass is 32.2. The summed E-state index contributed by atoms with van der Waals surface area (Å²) in [6.07, 6.45) is 0. The topological polar surface area (TPSA) is 161 Å². The van der Waals surface area contributed by atoms with Crippen LogP contribution in [0.5, 0.6) is 0 Å². The Bertz CT molecular complexity index is 210. The van der Waals surface area contributed by atoms with Crippen LogP contribution >= 0.6 is 0 Å². The van der Waals surface area contributed by atoms with Gasteiger partial charge in [-0.15, -0.1) is 0 Å². The minimum Gasteiger partial charge on any atom is -0.274 e. The molecule has 0 radical (unpaired) electrons. The van der Waals surface area contributed by atoms with Crippen molar-refractivity contribution < 1.29 is 25.9 Å². The second kappa shape index (κ2) is 3.80. The van der Waals surface area contributed by atoms with Gasteiger partial charge in [-0.1, -0.05) is 0 Å². The van der Waals surface area contributed by atoms with Gasteiger partial charge in [-0.05, 0) is 0 Å². The highest BCUT2D eigenvalue weighted by Gasteiger charge is 1.81. The molecule has 0 aromatic rings. The van der Waals surface area contributed by atoms with E-state index in [0.717, 1.165) is 0 Å². The molecule has 0 aliphatic carbocycles. The summed E-state index contributed by atoms with van der Waals surface area (Å²) in [7, 11) is -8.33. The maximum Gasteiger partial charge on any atom is 0.330 e. The van der Waals surface area contributed by atoms with Crippen LogP contribution in [0.4, 0.5) is 0 Å². The van der Waals surface area contributed by atoms with E-state index in [4.69, 9.17) is 25.9 Å². The minimum atomic E-state index is -4.17. The standard InChI is InChI=1S/2H3NO3S/c2*1-5(2,3)4/h2*(H3,1,2,3,4). The third-order valence-electron chi connectivity index (χ3n) is 0. The van der Waals surface area contributed by atoms with E-state index in [-0.39, 0.29) is 0 Å². The molecule has 0 atom stereocenters. The van der Waals surface area contributed by atoms with Gasteiger partial charge in [0.2, 0.25) is 0 Å². The van der Waals surface area contributed by atoms with E-state index >= 15 is 0 Å². The predicted molar refractivity (Wildman–Crippen MR) is 31.5 cm³/mol. The first-order valence-corrected chi connectivity index (χ1v) is 4.51. The Morgan fingerprint density at radius 3 is 0.800 bits per heavy atom. The fraction of sp³-hybridized carbons (Fsp3) is 0. The van der Waals surface area contributed by atoms with E-state index in [1.807, 2.05) is 0 Å². The predicted octanol–water partition coefficient (Wildman–Crippen LogP) is -2.50. The lowest BCUT2D eigenvalue weighted by atomic mass is 13.9. The number of hydrogen-bond acceptors (Lipinski definition) is 4. The molecule has 10 heavy (non-hydrogen) atoms. The molecule has 0 aromatic carbocycles. The van der Waals surface area contributed by atoms with Gasteiger partial charge in [0, 0.05) is 0 Å². The van der Waals surface area contributed by atoms with Crippen molar-refractivity contribution in [3.8, 4) is 0 Å². The third-order valence-corrected chi connectivity index (χ3v) is 0. The van der Waals surface area contributed by atoms with Gasteiger partial charge in [-0.3, -0.25) is 9.11 Å². The van der Waals surface area contributed by atoms with Crippen molar-refractivity contribution in [1.29, 1.82) is 0 Å². The number of hydrogen-bond donors (Lipinski definition) is 4. The van der Waals surface area contributed by atoms with Crippen LogP contribution in [0.3, 0.4) is 0 Å². The van der Waals surface area contributed by atoms with Crippen LogP contribution in [-0.2, 0) is 20.6 Å². The van der Waals surface area contributed by atoms with Gasteiger partial charge in [-0.25, -0.2) is 10.3 Å². The third kappa shape index (κ3) is 5200. The molecular weight excluding hydrogens is 188 g/mol. The van der Waals surface area contributed by atoms with Crippen molar-refractivity contribution in [1.82, 2.24) is 0 Å². The Balaban J connectivity index is 0. The average Bonchev–Trinajstić information content (AvgIpc) is 1.12. The van der Waals surface area contributed by atoms with Crippen molar-refractivity contribution in [2.24, 2.45) is 10.3 Å². The summed E-state index contributed by atoms with van der Waals surface area (Å²) in [4.78, 5) is 0. The summed E-state index contributed by atoms with van der Waals surface area (Å²) in [5.41, 5.74) is 0. The zero-order chi connectivity index (χ0) is 9.00. The molecular formula is H6N2O6S2. The fourth-order valence-corrected chi connectivity index (χ4v) is 0. The molecule has 0 aromatic heterocycles. The van der Waals surface area contributed by atoms with E-state index in [9.17, 15) is 0 Å². The first kappa shape index (κ1) is 12.4. The normalized spacial score (nSPS) is 11.6. The summed E-state index contributed by atoms with van der Waals surface area (Å²) < 4.78 is 50.4. The van der Waals surface area contributed by atoms with Crippen molar-refractivity contribution in [3.63, 3.8) is 0 Å². The summed E-state index contributed by atoms with van der Waals surface area (Å²) in [5.74, 6) is 0. The van der Waals surface area contributed by atoms with Crippen molar-refractivity contribution >= 4 is 20.6 Å². The van der Waals surface area contributed by atoms with Gasteiger partial charge in [0.05, 0.1) is 0 Å². The molecule has 0 aliphatic heterocycles. The molecule has 0 saturated heterocycles. The molecule has 0 bridgehead atoms. The van der Waals surface area contributed by atoms with E-state index in [2.05, 4.69) is 10.3 Å². The Morgan fingerprint density at radius 1 is 0.800 bits per heavy atom. The lowest BCUT2D eigenvalue weighted by molar-refractivity contribution is 0.482. The lowest BCUT2D eigenvalue weighted by Gasteiger charge is -1.70. The van der Waals surface area contributed by atoms with Crippen LogP contribution < -0.4 is 10.3 Å². The maximum atomic E-state index is 8.97. The van der Waals surface area contributed by atoms with E-state index < -0.39 is 20.6 Å². The Hall–Kier alpha value is -0.260. The van der Waals surface area contributed by atoms with Gasteiger partial charge in [-0.2, -0.15) is 16.8 Å². The zero-order valence-electron chi connectivity index (χ0n) is 4.50. The highest BCUT2D eigenvalue weighted by molar-refractivity contribution is 7.83. The molecule has 10 heteroatoms. The Morgan fingerprint density at radius 2 is 0.800 bits per heavy atom. The maximum absolute atomic E-state index is 8.97. The quantitative estimate of drug-likeness (QED) is 0.311. The molecule has 0 aliphatic rings. The van der Waals surface area contributed by atoms with Crippen molar-refractivity contribution in [2.45, 2.75) is 0 Å². The van der Waals surface area contributed by atoms with Crippen LogP contribution in [-0.4, -0.2) is 25.9 Å². The van der Waals surface area contributed by atoms with Crippen LogP contribution in [0.25, 0.3) is 0 Å². The first-order valence-electron chi connectivity index (χ1n) is 1.50. The second-order valence-corrected chi connectivity index (χ2v) is 3.09. The van der Waals surface area contributed by atoms with Crippen molar-refractivity contribution in [3.05, 3.63) is 0 Å². The molecule has 0 rings (SSSR count). The van der Waals surface area contributed by atoms with Gasteiger partial charge in [0.1, 0.15) is 0 Å². The molecule has 0 fully saturated rings. The molecule has 0 amide bonds. The zero-order valence-corrected chi connectivity index (χ0v) is 6.13. The van der Waals surface area contributed by atoms with E-state index in [1.165, 1.54) is 0 Å². The monoisotopic (exact) mass is 194 g/mol.